The summed E-state index contributed by atoms with van der Waals surface area (Å²) in [7, 11) is 1.31. The average molecular weight is 634 g/mol. The summed E-state index contributed by atoms with van der Waals surface area (Å²) in [6.07, 6.45) is -10.5. The van der Waals surface area contributed by atoms with Gasteiger partial charge in [0.1, 0.15) is 36.6 Å². The topological polar surface area (TPSA) is 339 Å². The quantitative estimate of drug-likeness (QED) is 0.123. The van der Waals surface area contributed by atoms with Gasteiger partial charge in [-0.1, -0.05) is 0 Å². The van der Waals surface area contributed by atoms with Crippen LogP contribution in [0.2, 0.25) is 0 Å². The summed E-state index contributed by atoms with van der Waals surface area (Å²) in [6.45, 7) is -1.10. The third-order valence-electron chi connectivity index (χ3n) is 6.76. The molecule has 0 radical (unpaired) electrons. The Morgan fingerprint density at radius 3 is 1.93 bits per heavy atom. The highest BCUT2D eigenvalue weighted by molar-refractivity contribution is 5.76. The van der Waals surface area contributed by atoms with E-state index in [4.69, 9.17) is 35.3 Å². The highest BCUT2D eigenvalue weighted by Gasteiger charge is 2.46. The number of methoxy groups -OCH3 is 1. The highest BCUT2D eigenvalue weighted by Crippen LogP contribution is 2.30. The number of carboxylic acids is 1. The van der Waals surface area contributed by atoms with Crippen molar-refractivity contribution >= 4 is 11.9 Å². The first kappa shape index (κ1) is 34.4. The number of rotatable bonds is 9. The van der Waals surface area contributed by atoms with Crippen molar-refractivity contribution in [3.05, 3.63) is 65.2 Å². The number of nitrogens with zero attached hydrogens (tertiary/aromatic N) is 2. The van der Waals surface area contributed by atoms with Crippen LogP contribution in [0.4, 0.5) is 0 Å². The number of carbonyl (C=O) groups excluding carboxylic acids is 1. The SMILES string of the molecule is CO[C@@H]1[C@@H](O)[C@@H](CO)O[C@H]1n1cc(CC(N)=O)c(=O)[nH]c1=O.O=C(O)C(O)c1cn([C@@H]2O[C@H](CO)[C@@H](O)[C@H]2O)c(=O)[nH]c1=O. The van der Waals surface area contributed by atoms with E-state index < -0.39 is 108 Å². The molecule has 1 amide bonds. The third kappa shape index (κ3) is 7.01. The van der Waals surface area contributed by atoms with Gasteiger partial charge in [0.05, 0.1) is 25.2 Å². The molecule has 4 rings (SSSR count). The van der Waals surface area contributed by atoms with Crippen molar-refractivity contribution in [1.82, 2.24) is 19.1 Å². The van der Waals surface area contributed by atoms with Crippen molar-refractivity contribution < 1.29 is 59.5 Å². The van der Waals surface area contributed by atoms with E-state index in [0.717, 1.165) is 17.0 Å². The zero-order chi connectivity index (χ0) is 33.0. The Hall–Kier alpha value is -4.06. The number of carbonyl (C=O) groups is 2. The molecule has 2 aliphatic rings. The molecule has 0 spiro atoms. The van der Waals surface area contributed by atoms with Crippen LogP contribution in [0.3, 0.4) is 0 Å². The van der Waals surface area contributed by atoms with Gasteiger partial charge in [-0.05, 0) is 0 Å². The Bertz CT molecular complexity index is 1580. The monoisotopic (exact) mass is 633 g/mol. The molecule has 0 aromatic carbocycles. The number of H-pyrrole nitrogens is 2. The fraction of sp³-hybridized carbons (Fsp3) is 0.565. The van der Waals surface area contributed by atoms with Crippen LogP contribution in [0.5, 0.6) is 0 Å². The van der Waals surface area contributed by atoms with Gasteiger partial charge in [-0.2, -0.15) is 0 Å². The predicted molar refractivity (Wildman–Crippen MR) is 139 cm³/mol. The number of primary amides is 1. The molecule has 44 heavy (non-hydrogen) atoms. The van der Waals surface area contributed by atoms with Crippen LogP contribution in [0.15, 0.2) is 31.6 Å². The number of hydrogen-bond acceptors (Lipinski definition) is 15. The summed E-state index contributed by atoms with van der Waals surface area (Å²) in [6, 6.07) is 0. The number of carboxylic acid groups (broad SMARTS) is 1. The van der Waals surface area contributed by atoms with Gasteiger partial charge >= 0.3 is 17.3 Å². The first-order chi connectivity index (χ1) is 20.7. The number of nitrogens with two attached hydrogens (primary N) is 1. The zero-order valence-electron chi connectivity index (χ0n) is 22.7. The lowest BCUT2D eigenvalue weighted by Crippen LogP contribution is -2.40. The lowest BCUT2D eigenvalue weighted by Gasteiger charge is -2.20. The van der Waals surface area contributed by atoms with E-state index in [1.165, 1.54) is 7.11 Å². The Morgan fingerprint density at radius 1 is 0.909 bits per heavy atom. The number of amides is 1. The molecule has 2 fully saturated rings. The fourth-order valence-electron chi connectivity index (χ4n) is 4.51. The van der Waals surface area contributed by atoms with E-state index in [-0.39, 0.29) is 12.0 Å². The van der Waals surface area contributed by atoms with Gasteiger partial charge in [0, 0.05) is 25.1 Å². The van der Waals surface area contributed by atoms with Crippen molar-refractivity contribution in [2.75, 3.05) is 20.3 Å². The van der Waals surface area contributed by atoms with E-state index in [0.29, 0.717) is 4.57 Å². The zero-order valence-corrected chi connectivity index (χ0v) is 22.7. The summed E-state index contributed by atoms with van der Waals surface area (Å²) >= 11 is 0. The molecular weight excluding hydrogens is 602 g/mol. The summed E-state index contributed by atoms with van der Waals surface area (Å²) < 4.78 is 17.2. The van der Waals surface area contributed by atoms with Crippen molar-refractivity contribution in [3.63, 3.8) is 0 Å². The summed E-state index contributed by atoms with van der Waals surface area (Å²) in [5, 5.41) is 65.7. The molecule has 21 nitrogen and oxygen atoms in total. The average Bonchev–Trinajstić information content (AvgIpc) is 3.44. The number of ether oxygens (including phenoxy) is 3. The maximum absolute atomic E-state index is 11.9. The van der Waals surface area contributed by atoms with Gasteiger partial charge in [0.15, 0.2) is 18.6 Å². The van der Waals surface area contributed by atoms with E-state index in [1.54, 1.807) is 4.98 Å². The minimum atomic E-state index is -2.19. The van der Waals surface area contributed by atoms with E-state index >= 15 is 0 Å². The number of hydrogen-bond donors (Lipinski definition) is 10. The molecule has 0 saturated carbocycles. The van der Waals surface area contributed by atoms with Crippen molar-refractivity contribution in [2.45, 2.75) is 61.6 Å². The molecule has 1 unspecified atom stereocenters. The molecule has 9 atom stereocenters. The van der Waals surface area contributed by atoms with Gasteiger partial charge < -0.3 is 55.7 Å². The van der Waals surface area contributed by atoms with Crippen LogP contribution in [-0.4, -0.2) is 124 Å². The van der Waals surface area contributed by atoms with Crippen LogP contribution in [-0.2, 0) is 30.2 Å². The van der Waals surface area contributed by atoms with Gasteiger partial charge in [0.25, 0.3) is 11.1 Å². The highest BCUT2D eigenvalue weighted by atomic mass is 16.6. The number of aliphatic hydroxyl groups is 6. The van der Waals surface area contributed by atoms with E-state index in [2.05, 4.69) is 0 Å². The van der Waals surface area contributed by atoms with Crippen LogP contribution < -0.4 is 28.2 Å². The molecule has 11 N–H and O–H groups in total. The predicted octanol–water partition coefficient (Wildman–Crippen LogP) is -6.90. The minimum Gasteiger partial charge on any atom is -0.479 e. The van der Waals surface area contributed by atoms with Gasteiger partial charge in [0.2, 0.25) is 5.91 Å². The molecule has 2 aliphatic heterocycles. The third-order valence-corrected chi connectivity index (χ3v) is 6.76. The van der Waals surface area contributed by atoms with E-state index in [1.807, 2.05) is 4.98 Å². The number of nitrogens with one attached hydrogen (secondary N) is 2. The number of aliphatic carboxylic acids is 1. The second kappa shape index (κ2) is 14.1. The number of aromatic nitrogens is 4. The van der Waals surface area contributed by atoms with Crippen LogP contribution >= 0.6 is 0 Å². The van der Waals surface area contributed by atoms with Gasteiger partial charge in [-0.3, -0.25) is 33.5 Å². The lowest BCUT2D eigenvalue weighted by molar-refractivity contribution is -0.147. The Kier molecular flexibility index (Phi) is 11.1. The van der Waals surface area contributed by atoms with E-state index in [9.17, 15) is 49.2 Å². The van der Waals surface area contributed by atoms with Crippen LogP contribution in [0.1, 0.15) is 29.7 Å². The lowest BCUT2D eigenvalue weighted by atomic mass is 10.1. The molecule has 2 aromatic heterocycles. The first-order valence-electron chi connectivity index (χ1n) is 12.6. The summed E-state index contributed by atoms with van der Waals surface area (Å²) in [5.41, 5.74) is 0.702. The maximum atomic E-state index is 11.9. The molecule has 4 heterocycles. The van der Waals surface area contributed by atoms with Crippen molar-refractivity contribution in [2.24, 2.45) is 5.73 Å². The smallest absolute Gasteiger partial charge is 0.337 e. The summed E-state index contributed by atoms with van der Waals surface area (Å²) in [5.74, 6) is -2.45. The van der Waals surface area contributed by atoms with Crippen LogP contribution in [0, 0.1) is 0 Å². The van der Waals surface area contributed by atoms with Gasteiger partial charge in [-0.15, -0.1) is 0 Å². The first-order valence-corrected chi connectivity index (χ1v) is 12.6. The van der Waals surface area contributed by atoms with Crippen LogP contribution in [0.25, 0.3) is 0 Å². The second-order valence-corrected chi connectivity index (χ2v) is 9.62. The second-order valence-electron chi connectivity index (χ2n) is 9.62. The molecule has 0 bridgehead atoms. The van der Waals surface area contributed by atoms with Crippen molar-refractivity contribution in [3.8, 4) is 0 Å². The molecule has 21 heteroatoms. The largest absolute Gasteiger partial charge is 0.479 e. The van der Waals surface area contributed by atoms with Gasteiger partial charge in [-0.25, -0.2) is 14.4 Å². The normalized spacial score (nSPS) is 28.7. The number of aliphatic hydroxyl groups excluding tert-OH is 6. The summed E-state index contributed by atoms with van der Waals surface area (Å²) in [4.78, 5) is 72.4. The molecule has 0 aliphatic carbocycles. The Balaban J connectivity index is 0.000000240. The molecular formula is C23H31N5O16. The van der Waals surface area contributed by atoms with Crippen molar-refractivity contribution in [1.29, 1.82) is 0 Å². The Morgan fingerprint density at radius 2 is 1.43 bits per heavy atom. The fourth-order valence-corrected chi connectivity index (χ4v) is 4.51. The molecule has 244 valence electrons. The molecule has 2 aromatic rings. The molecule has 2 saturated heterocycles. The number of aromatic amines is 2. The standard InChI is InChI=1S/C12H17N3O7.C11H14N2O9/c1-21-9-8(18)6(4-16)22-11(9)15-3-5(2-7(13)17)10(19)14-12(15)20;14-2-4-6(16)7(17)9(22-4)13-1-3(5(15)10(19)20)8(18)12-11(13)21/h3,6,8-9,11,16,18H,2,4H2,1H3,(H2,13,17)(H,14,19,20);1,4-7,9,14-17H,2H2,(H,19,20)(H,12,18,21)/t6-,8+,9-,11-;4-,5?,6-,7-,9-/m11/s1. The Labute approximate surface area is 243 Å². The maximum Gasteiger partial charge on any atom is 0.337 e. The minimum absolute atomic E-state index is 0.0208.